The van der Waals surface area contributed by atoms with Crippen LogP contribution in [0.4, 0.5) is 0 Å². The van der Waals surface area contributed by atoms with Gasteiger partial charge in [0.1, 0.15) is 0 Å². The average Bonchev–Trinajstić information content (AvgIpc) is 2.57. The molecule has 96 valence electrons. The zero-order valence-corrected chi connectivity index (χ0v) is 10.4. The quantitative estimate of drug-likeness (QED) is 0.738. The lowest BCUT2D eigenvalue weighted by Crippen LogP contribution is -2.17. The monoisotopic (exact) mass is 238 g/mol. The van der Waals surface area contributed by atoms with Crippen LogP contribution in [0.1, 0.15) is 45.4 Å². The van der Waals surface area contributed by atoms with Crippen LogP contribution >= 0.6 is 0 Å². The van der Waals surface area contributed by atoms with E-state index in [1.54, 1.807) is 6.92 Å². The fourth-order valence-corrected chi connectivity index (χ4v) is 3.54. The van der Waals surface area contributed by atoms with Crippen LogP contribution in [0.15, 0.2) is 11.8 Å². The highest BCUT2D eigenvalue weighted by Gasteiger charge is 2.34. The Kier molecular flexibility index (Phi) is 3.75. The molecule has 2 bridgehead atoms. The van der Waals surface area contributed by atoms with Crippen molar-refractivity contribution in [1.82, 2.24) is 0 Å². The van der Waals surface area contributed by atoms with Crippen molar-refractivity contribution in [3.8, 4) is 0 Å². The Morgan fingerprint density at radius 1 is 1.24 bits per heavy atom. The van der Waals surface area contributed by atoms with E-state index in [4.69, 9.17) is 5.11 Å². The van der Waals surface area contributed by atoms with Crippen molar-refractivity contribution in [2.24, 2.45) is 23.7 Å². The molecular formula is C14H22O3. The zero-order valence-electron chi connectivity index (χ0n) is 10.4. The third-order valence-corrected chi connectivity index (χ3v) is 4.31. The minimum absolute atomic E-state index is 0.270. The molecule has 0 spiro atoms. The Morgan fingerprint density at radius 2 is 1.82 bits per heavy atom. The van der Waals surface area contributed by atoms with Gasteiger partial charge in [-0.1, -0.05) is 12.8 Å². The first-order valence-electron chi connectivity index (χ1n) is 6.67. The minimum atomic E-state index is -0.875. The van der Waals surface area contributed by atoms with Crippen LogP contribution in [-0.4, -0.2) is 16.2 Å². The summed E-state index contributed by atoms with van der Waals surface area (Å²) in [7, 11) is 0. The highest BCUT2D eigenvalue weighted by molar-refractivity contribution is 5.71. The third kappa shape index (κ3) is 3.24. The molecule has 0 aromatic carbocycles. The van der Waals surface area contributed by atoms with E-state index >= 15 is 0 Å². The van der Waals surface area contributed by atoms with E-state index in [0.717, 1.165) is 11.8 Å². The predicted molar refractivity (Wildman–Crippen MR) is 65.7 cm³/mol. The molecule has 2 fully saturated rings. The first kappa shape index (κ1) is 12.5. The summed E-state index contributed by atoms with van der Waals surface area (Å²) in [5, 5.41) is 18.6. The average molecular weight is 238 g/mol. The first-order valence-corrected chi connectivity index (χ1v) is 6.67. The molecule has 2 rings (SSSR count). The largest absolute Gasteiger partial charge is 0.513 e. The number of aliphatic hydroxyl groups excluding tert-OH is 1. The van der Waals surface area contributed by atoms with Crippen LogP contribution in [0.3, 0.4) is 0 Å². The van der Waals surface area contributed by atoms with Crippen molar-refractivity contribution < 1.29 is 15.0 Å². The fourth-order valence-electron chi connectivity index (χ4n) is 3.54. The smallest absolute Gasteiger partial charge is 0.310 e. The molecule has 0 amide bonds. The van der Waals surface area contributed by atoms with E-state index < -0.39 is 11.9 Å². The van der Waals surface area contributed by atoms with Gasteiger partial charge in [0.15, 0.2) is 0 Å². The Morgan fingerprint density at radius 3 is 2.35 bits per heavy atom. The summed E-state index contributed by atoms with van der Waals surface area (Å²) in [5.74, 6) is 1.10. The maximum Gasteiger partial charge on any atom is 0.310 e. The highest BCUT2D eigenvalue weighted by Crippen LogP contribution is 2.46. The molecule has 0 aromatic rings. The van der Waals surface area contributed by atoms with Gasteiger partial charge in [-0.25, -0.2) is 0 Å². The fraction of sp³-hybridized carbons (Fsp3) is 0.786. The van der Waals surface area contributed by atoms with Crippen LogP contribution in [0.25, 0.3) is 0 Å². The Labute approximate surface area is 103 Å². The number of fused-ring (bicyclic) bond motifs is 2. The molecule has 2 N–H and O–H groups in total. The van der Waals surface area contributed by atoms with E-state index in [-0.39, 0.29) is 5.76 Å². The number of rotatable bonds is 4. The van der Waals surface area contributed by atoms with Gasteiger partial charge in [-0.05, 0) is 50.0 Å². The molecule has 0 aliphatic heterocycles. The van der Waals surface area contributed by atoms with Gasteiger partial charge in [-0.2, -0.15) is 0 Å². The van der Waals surface area contributed by atoms with Crippen LogP contribution in [-0.2, 0) is 4.79 Å². The molecule has 2 saturated carbocycles. The summed E-state index contributed by atoms with van der Waals surface area (Å²) in [6.45, 7) is 1.60. The minimum Gasteiger partial charge on any atom is -0.513 e. The van der Waals surface area contributed by atoms with Gasteiger partial charge >= 0.3 is 5.97 Å². The third-order valence-electron chi connectivity index (χ3n) is 4.31. The first-order chi connectivity index (χ1) is 8.04. The SMILES string of the molecule is C[C@H](C=C(O)CC1C[C@H]2CC[C@@H](C1)C2)C(=O)O. The summed E-state index contributed by atoms with van der Waals surface area (Å²) in [6, 6.07) is 0. The summed E-state index contributed by atoms with van der Waals surface area (Å²) in [6.07, 6.45) is 8.69. The number of hydrogen-bond donors (Lipinski definition) is 2. The van der Waals surface area contributed by atoms with Crippen molar-refractivity contribution in [2.75, 3.05) is 0 Å². The number of hydrogen-bond acceptors (Lipinski definition) is 2. The molecule has 0 aromatic heterocycles. The number of carboxylic acid groups (broad SMARTS) is 1. The van der Waals surface area contributed by atoms with Crippen molar-refractivity contribution >= 4 is 5.97 Å². The van der Waals surface area contributed by atoms with Crippen LogP contribution in [0.2, 0.25) is 0 Å². The van der Waals surface area contributed by atoms with Crippen molar-refractivity contribution in [1.29, 1.82) is 0 Å². The molecule has 4 atom stereocenters. The lowest BCUT2D eigenvalue weighted by molar-refractivity contribution is -0.139. The highest BCUT2D eigenvalue weighted by atomic mass is 16.4. The van der Waals surface area contributed by atoms with Gasteiger partial charge in [-0.15, -0.1) is 0 Å². The number of aliphatic hydroxyl groups is 1. The molecule has 3 heteroatoms. The number of carboxylic acids is 1. The standard InChI is InChI=1S/C14H22O3/c1-9(14(16)17)4-13(15)8-12-6-10-2-3-11(5-10)7-12/h4,9-12,15H,2-3,5-8H2,1H3,(H,16,17)/t9-,10-,11+,12?/m1/s1. The number of aliphatic carboxylic acids is 1. The summed E-state index contributed by atoms with van der Waals surface area (Å²) < 4.78 is 0. The second kappa shape index (κ2) is 5.11. The molecular weight excluding hydrogens is 216 g/mol. The van der Waals surface area contributed by atoms with Gasteiger partial charge in [-0.3, -0.25) is 4.79 Å². The van der Waals surface area contributed by atoms with Crippen molar-refractivity contribution in [3.63, 3.8) is 0 Å². The molecule has 0 saturated heterocycles. The van der Waals surface area contributed by atoms with Gasteiger partial charge < -0.3 is 10.2 Å². The molecule has 0 radical (unpaired) electrons. The van der Waals surface area contributed by atoms with Gasteiger partial charge in [0.2, 0.25) is 0 Å². The predicted octanol–water partition coefficient (Wildman–Crippen LogP) is 3.37. The summed E-state index contributed by atoms with van der Waals surface area (Å²) >= 11 is 0. The van der Waals surface area contributed by atoms with E-state index in [1.165, 1.54) is 38.2 Å². The van der Waals surface area contributed by atoms with Crippen molar-refractivity contribution in [3.05, 3.63) is 11.8 Å². The molecule has 2 aliphatic rings. The zero-order chi connectivity index (χ0) is 12.4. The van der Waals surface area contributed by atoms with E-state index in [1.807, 2.05) is 0 Å². The van der Waals surface area contributed by atoms with Gasteiger partial charge in [0.25, 0.3) is 0 Å². The molecule has 17 heavy (non-hydrogen) atoms. The van der Waals surface area contributed by atoms with Crippen LogP contribution in [0, 0.1) is 23.7 Å². The number of allylic oxidation sites excluding steroid dienone is 1. The van der Waals surface area contributed by atoms with Crippen LogP contribution < -0.4 is 0 Å². The van der Waals surface area contributed by atoms with Crippen molar-refractivity contribution in [2.45, 2.75) is 45.4 Å². The molecule has 3 nitrogen and oxygen atoms in total. The Hall–Kier alpha value is -0.990. The second-order valence-electron chi connectivity index (χ2n) is 5.87. The molecule has 2 aliphatic carbocycles. The maximum atomic E-state index is 10.7. The van der Waals surface area contributed by atoms with E-state index in [0.29, 0.717) is 12.3 Å². The topological polar surface area (TPSA) is 57.5 Å². The molecule has 1 unspecified atom stereocenters. The Balaban J connectivity index is 1.86. The Bertz CT molecular complexity index is 309. The molecule has 0 heterocycles. The number of carbonyl (C=O) groups is 1. The van der Waals surface area contributed by atoms with Gasteiger partial charge in [0, 0.05) is 6.42 Å². The van der Waals surface area contributed by atoms with Crippen LogP contribution in [0.5, 0.6) is 0 Å². The second-order valence-corrected chi connectivity index (χ2v) is 5.87. The normalized spacial score (nSPS) is 34.6. The van der Waals surface area contributed by atoms with E-state index in [9.17, 15) is 9.90 Å². The maximum absolute atomic E-state index is 10.7. The lowest BCUT2D eigenvalue weighted by atomic mass is 9.79. The summed E-state index contributed by atoms with van der Waals surface area (Å²) in [5.41, 5.74) is 0. The van der Waals surface area contributed by atoms with Gasteiger partial charge in [0.05, 0.1) is 11.7 Å². The lowest BCUT2D eigenvalue weighted by Gasteiger charge is -2.27. The van der Waals surface area contributed by atoms with E-state index in [2.05, 4.69) is 0 Å². The summed E-state index contributed by atoms with van der Waals surface area (Å²) in [4.78, 5) is 10.7.